The molecule has 1 unspecified atom stereocenters. The number of fused-ring (bicyclic) bond motifs is 1. The van der Waals surface area contributed by atoms with E-state index in [1.807, 2.05) is 12.1 Å². The lowest BCUT2D eigenvalue weighted by Gasteiger charge is -2.49. The topological polar surface area (TPSA) is 45.2 Å². The molecular weight excluding hydrogens is 407 g/mol. The molecule has 32 heavy (non-hydrogen) atoms. The number of halogens is 1. The predicted molar refractivity (Wildman–Crippen MR) is 125 cm³/mol. The summed E-state index contributed by atoms with van der Waals surface area (Å²) in [5, 5.41) is 9.55. The van der Waals surface area contributed by atoms with Gasteiger partial charge in [0.15, 0.2) is 11.6 Å². The van der Waals surface area contributed by atoms with Crippen LogP contribution in [0.15, 0.2) is 30.3 Å². The molecule has 3 atom stereocenters. The van der Waals surface area contributed by atoms with E-state index in [2.05, 4.69) is 35.8 Å². The minimum atomic E-state index is -0.481. The second-order valence-corrected chi connectivity index (χ2v) is 9.17. The highest BCUT2D eigenvalue weighted by atomic mass is 19.1. The second-order valence-electron chi connectivity index (χ2n) is 9.17. The summed E-state index contributed by atoms with van der Waals surface area (Å²) in [6, 6.07) is 10.3. The van der Waals surface area contributed by atoms with Gasteiger partial charge in [-0.25, -0.2) is 4.39 Å². The Morgan fingerprint density at radius 3 is 2.66 bits per heavy atom. The van der Waals surface area contributed by atoms with Crippen LogP contribution in [-0.2, 0) is 0 Å². The number of methoxy groups -OCH3 is 1. The van der Waals surface area contributed by atoms with Crippen LogP contribution in [0.1, 0.15) is 48.9 Å². The lowest BCUT2D eigenvalue weighted by Crippen LogP contribution is -2.56. The van der Waals surface area contributed by atoms with Gasteiger partial charge < -0.3 is 19.5 Å². The molecule has 2 aromatic rings. The maximum Gasteiger partial charge on any atom is 0.165 e. The maximum atomic E-state index is 13.9. The average Bonchev–Trinajstić information content (AvgIpc) is 2.79. The Hall–Kier alpha value is -2.31. The molecule has 2 saturated heterocycles. The van der Waals surface area contributed by atoms with Crippen molar-refractivity contribution in [3.8, 4) is 11.5 Å². The lowest BCUT2D eigenvalue weighted by molar-refractivity contribution is 0.0712. The van der Waals surface area contributed by atoms with Crippen LogP contribution in [0.25, 0.3) is 0 Å². The molecule has 0 aliphatic carbocycles. The largest absolute Gasteiger partial charge is 0.494 e. The molecule has 0 radical (unpaired) electrons. The number of piperidine rings is 1. The van der Waals surface area contributed by atoms with Crippen LogP contribution in [0.4, 0.5) is 10.1 Å². The zero-order valence-electron chi connectivity index (χ0n) is 19.6. The van der Waals surface area contributed by atoms with Gasteiger partial charge in [0.25, 0.3) is 0 Å². The first-order valence-electron chi connectivity index (χ1n) is 11.6. The summed E-state index contributed by atoms with van der Waals surface area (Å²) in [5.41, 5.74) is 4.84. The van der Waals surface area contributed by atoms with E-state index in [0.29, 0.717) is 24.4 Å². The molecule has 6 heteroatoms. The van der Waals surface area contributed by atoms with Crippen molar-refractivity contribution in [3.05, 3.63) is 52.8 Å². The Kier molecular flexibility index (Phi) is 6.91. The van der Waals surface area contributed by atoms with Gasteiger partial charge in [0.1, 0.15) is 12.4 Å². The van der Waals surface area contributed by atoms with E-state index in [9.17, 15) is 9.50 Å². The molecular formula is C26H35FN2O3. The Morgan fingerprint density at radius 1 is 1.09 bits per heavy atom. The molecule has 1 N–H and O–H groups in total. The summed E-state index contributed by atoms with van der Waals surface area (Å²) < 4.78 is 24.9. The molecule has 5 nitrogen and oxygen atoms in total. The third-order valence-electron chi connectivity index (χ3n) is 7.06. The van der Waals surface area contributed by atoms with E-state index in [-0.39, 0.29) is 5.82 Å². The van der Waals surface area contributed by atoms with Gasteiger partial charge in [-0.1, -0.05) is 6.07 Å². The summed E-state index contributed by atoms with van der Waals surface area (Å²) in [5.74, 6) is 0.837. The molecule has 0 bridgehead atoms. The van der Waals surface area contributed by atoms with Crippen LogP contribution in [0, 0.1) is 19.7 Å². The standard InChI is InChI=1S/C26H35FN2O3/c1-17(30)16-32-25-11-9-22(18(2)19(25)3)24-7-5-6-21-15-28(12-13-29(21)24)20-8-10-23(27)26(14-20)31-4/h8-11,14,17,21,24,30H,5-7,12-13,15-16H2,1-4H3/t17?,21-,24+/m0/s1. The Labute approximate surface area is 190 Å². The van der Waals surface area contributed by atoms with Crippen LogP contribution in [0.2, 0.25) is 0 Å². The number of anilines is 1. The molecule has 4 rings (SSSR count). The van der Waals surface area contributed by atoms with Crippen LogP contribution >= 0.6 is 0 Å². The molecule has 0 aromatic heterocycles. The third-order valence-corrected chi connectivity index (χ3v) is 7.06. The Bertz CT molecular complexity index is 949. The number of aliphatic hydroxyl groups excluding tert-OH is 1. The molecule has 2 heterocycles. The zero-order valence-corrected chi connectivity index (χ0v) is 19.6. The van der Waals surface area contributed by atoms with E-state index < -0.39 is 6.10 Å². The van der Waals surface area contributed by atoms with Crippen molar-refractivity contribution in [1.82, 2.24) is 4.90 Å². The van der Waals surface area contributed by atoms with E-state index in [0.717, 1.165) is 43.1 Å². The molecule has 0 saturated carbocycles. The Morgan fingerprint density at radius 2 is 1.91 bits per heavy atom. The molecule has 174 valence electrons. The van der Waals surface area contributed by atoms with Gasteiger partial charge in [-0.15, -0.1) is 0 Å². The van der Waals surface area contributed by atoms with E-state index in [4.69, 9.17) is 9.47 Å². The monoisotopic (exact) mass is 442 g/mol. The highest BCUT2D eigenvalue weighted by molar-refractivity contribution is 5.52. The van der Waals surface area contributed by atoms with Crippen molar-refractivity contribution >= 4 is 5.69 Å². The predicted octanol–water partition coefficient (Wildman–Crippen LogP) is 4.63. The van der Waals surface area contributed by atoms with Gasteiger partial charge in [0.2, 0.25) is 0 Å². The first-order chi connectivity index (χ1) is 15.4. The second kappa shape index (κ2) is 9.67. The van der Waals surface area contributed by atoms with Crippen molar-refractivity contribution in [1.29, 1.82) is 0 Å². The van der Waals surface area contributed by atoms with Crippen molar-refractivity contribution in [2.75, 3.05) is 38.3 Å². The molecule has 0 spiro atoms. The minimum Gasteiger partial charge on any atom is -0.494 e. The Balaban J connectivity index is 1.51. The summed E-state index contributed by atoms with van der Waals surface area (Å²) in [6.45, 7) is 9.17. The number of benzene rings is 2. The maximum absolute atomic E-state index is 13.9. The molecule has 0 amide bonds. The van der Waals surface area contributed by atoms with Crippen molar-refractivity contribution in [3.63, 3.8) is 0 Å². The quantitative estimate of drug-likeness (QED) is 0.707. The van der Waals surface area contributed by atoms with Crippen molar-refractivity contribution in [2.45, 2.75) is 58.2 Å². The number of ether oxygens (including phenoxy) is 2. The van der Waals surface area contributed by atoms with E-state index in [1.165, 1.54) is 37.1 Å². The zero-order chi connectivity index (χ0) is 22.8. The van der Waals surface area contributed by atoms with Crippen LogP contribution in [0.3, 0.4) is 0 Å². The van der Waals surface area contributed by atoms with Gasteiger partial charge in [0, 0.05) is 43.5 Å². The first-order valence-corrected chi connectivity index (χ1v) is 11.6. The number of nitrogens with zero attached hydrogens (tertiary/aromatic N) is 2. The van der Waals surface area contributed by atoms with Gasteiger partial charge in [-0.2, -0.15) is 0 Å². The molecule has 2 aromatic carbocycles. The molecule has 2 aliphatic heterocycles. The number of piperazine rings is 1. The average molecular weight is 443 g/mol. The summed E-state index contributed by atoms with van der Waals surface area (Å²) in [7, 11) is 1.51. The van der Waals surface area contributed by atoms with Crippen molar-refractivity contribution in [2.24, 2.45) is 0 Å². The third kappa shape index (κ3) is 4.57. The molecule has 2 aliphatic rings. The van der Waals surface area contributed by atoms with Gasteiger partial charge >= 0.3 is 0 Å². The van der Waals surface area contributed by atoms with Gasteiger partial charge in [-0.3, -0.25) is 4.90 Å². The van der Waals surface area contributed by atoms with Crippen LogP contribution < -0.4 is 14.4 Å². The summed E-state index contributed by atoms with van der Waals surface area (Å²) in [4.78, 5) is 5.02. The fourth-order valence-corrected chi connectivity index (χ4v) is 5.21. The first kappa shape index (κ1) is 22.9. The van der Waals surface area contributed by atoms with Crippen LogP contribution in [0.5, 0.6) is 11.5 Å². The smallest absolute Gasteiger partial charge is 0.165 e. The number of aliphatic hydroxyl groups is 1. The number of hydrogen-bond donors (Lipinski definition) is 1. The fourth-order valence-electron chi connectivity index (χ4n) is 5.21. The highest BCUT2D eigenvalue weighted by Crippen LogP contribution is 2.40. The van der Waals surface area contributed by atoms with Crippen molar-refractivity contribution < 1.29 is 19.0 Å². The number of hydrogen-bond acceptors (Lipinski definition) is 5. The molecule has 2 fully saturated rings. The normalized spacial score (nSPS) is 22.4. The minimum absolute atomic E-state index is 0.301. The lowest BCUT2D eigenvalue weighted by atomic mass is 9.86. The fraction of sp³-hybridized carbons (Fsp3) is 0.538. The summed E-state index contributed by atoms with van der Waals surface area (Å²) >= 11 is 0. The summed E-state index contributed by atoms with van der Waals surface area (Å²) in [6.07, 6.45) is 3.06. The van der Waals surface area contributed by atoms with Gasteiger partial charge in [0.05, 0.1) is 13.2 Å². The SMILES string of the molecule is COc1cc(N2CCN3[C@@H](CCC[C@@H]3c3ccc(OCC(C)O)c(C)c3C)C2)ccc1F. The van der Waals surface area contributed by atoms with E-state index in [1.54, 1.807) is 6.92 Å². The van der Waals surface area contributed by atoms with Crippen LogP contribution in [-0.4, -0.2) is 55.5 Å². The van der Waals surface area contributed by atoms with Gasteiger partial charge in [-0.05, 0) is 74.9 Å². The van der Waals surface area contributed by atoms with E-state index >= 15 is 0 Å². The highest BCUT2D eigenvalue weighted by Gasteiger charge is 2.36. The number of rotatable bonds is 6.